The van der Waals surface area contributed by atoms with Crippen molar-refractivity contribution in [2.24, 2.45) is 0 Å². The van der Waals surface area contributed by atoms with E-state index in [2.05, 4.69) is 14.9 Å². The third kappa shape index (κ3) is 1.09. The van der Waals surface area contributed by atoms with E-state index in [4.69, 9.17) is 0 Å². The Morgan fingerprint density at radius 3 is 2.80 bits per heavy atom. The lowest BCUT2D eigenvalue weighted by Crippen LogP contribution is -2.15. The van der Waals surface area contributed by atoms with E-state index in [9.17, 15) is 9.18 Å². The van der Waals surface area contributed by atoms with Crippen LogP contribution in [0.3, 0.4) is 0 Å². The van der Waals surface area contributed by atoms with E-state index in [0.29, 0.717) is 0 Å². The molecule has 0 fully saturated rings. The average Bonchev–Trinajstić information content (AvgIpc) is 1.95. The Morgan fingerprint density at radius 2 is 2.30 bits per heavy atom. The van der Waals surface area contributed by atoms with Crippen molar-refractivity contribution in [3.8, 4) is 6.01 Å². The van der Waals surface area contributed by atoms with Crippen LogP contribution in [0.15, 0.2) is 4.79 Å². The average molecular weight is 145 g/mol. The smallest absolute Gasteiger partial charge is 0.315 e. The Labute approximate surface area is 54.9 Å². The number of H-pyrrole nitrogens is 1. The summed E-state index contributed by atoms with van der Waals surface area (Å²) in [4.78, 5) is 12.4. The number of halogens is 1. The van der Waals surface area contributed by atoms with Gasteiger partial charge in [-0.05, 0) is 0 Å². The van der Waals surface area contributed by atoms with E-state index in [1.807, 2.05) is 4.98 Å². The van der Waals surface area contributed by atoms with Crippen LogP contribution in [0.4, 0.5) is 4.39 Å². The van der Waals surface area contributed by atoms with Crippen LogP contribution in [0.25, 0.3) is 0 Å². The first kappa shape index (κ1) is 6.66. The topological polar surface area (TPSA) is 67.9 Å². The second-order valence-electron chi connectivity index (χ2n) is 1.45. The number of hydrogen-bond donors (Lipinski definition) is 1. The highest BCUT2D eigenvalue weighted by Gasteiger charge is 2.00. The molecule has 0 bridgehead atoms. The molecule has 0 unspecified atom stereocenters. The minimum atomic E-state index is -1.17. The lowest BCUT2D eigenvalue weighted by molar-refractivity contribution is 0.362. The van der Waals surface area contributed by atoms with Gasteiger partial charge in [0.1, 0.15) is 0 Å². The van der Waals surface area contributed by atoms with Gasteiger partial charge in [-0.25, -0.2) is 0 Å². The summed E-state index contributed by atoms with van der Waals surface area (Å²) in [5, 5.41) is 6.02. The summed E-state index contributed by atoms with van der Waals surface area (Å²) < 4.78 is 16.5. The molecular formula is C4H4FN3O2. The number of aromatic nitrogens is 3. The lowest BCUT2D eigenvalue weighted by atomic mass is 10.8. The van der Waals surface area contributed by atoms with E-state index >= 15 is 0 Å². The Balaban J connectivity index is 3.17. The van der Waals surface area contributed by atoms with E-state index in [1.165, 1.54) is 7.11 Å². The molecule has 5 nitrogen and oxygen atoms in total. The van der Waals surface area contributed by atoms with Crippen LogP contribution in [-0.4, -0.2) is 22.3 Å². The van der Waals surface area contributed by atoms with Gasteiger partial charge in [-0.15, -0.1) is 5.10 Å². The van der Waals surface area contributed by atoms with Gasteiger partial charge in [0.05, 0.1) is 7.11 Å². The van der Waals surface area contributed by atoms with Gasteiger partial charge in [-0.1, -0.05) is 5.10 Å². The molecule has 0 atom stereocenters. The second-order valence-corrected chi connectivity index (χ2v) is 1.45. The Morgan fingerprint density at radius 1 is 1.60 bits per heavy atom. The molecule has 0 radical (unpaired) electrons. The van der Waals surface area contributed by atoms with E-state index in [-0.39, 0.29) is 6.01 Å². The van der Waals surface area contributed by atoms with Gasteiger partial charge in [0, 0.05) is 0 Å². The summed E-state index contributed by atoms with van der Waals surface area (Å²) in [7, 11) is 1.29. The summed E-state index contributed by atoms with van der Waals surface area (Å²) >= 11 is 0. The van der Waals surface area contributed by atoms with Crippen molar-refractivity contribution in [3.63, 3.8) is 0 Å². The molecule has 1 aromatic heterocycles. The van der Waals surface area contributed by atoms with E-state index in [1.54, 1.807) is 0 Å². The first-order valence-electron chi connectivity index (χ1n) is 2.40. The van der Waals surface area contributed by atoms with Gasteiger partial charge >= 0.3 is 11.6 Å². The third-order valence-electron chi connectivity index (χ3n) is 0.830. The maximum absolute atomic E-state index is 12.1. The first-order chi connectivity index (χ1) is 4.74. The van der Waals surface area contributed by atoms with Crippen molar-refractivity contribution in [1.82, 2.24) is 15.2 Å². The Kier molecular flexibility index (Phi) is 1.61. The highest BCUT2D eigenvalue weighted by atomic mass is 19.1. The molecule has 54 valence electrons. The van der Waals surface area contributed by atoms with Crippen LogP contribution < -0.4 is 10.3 Å². The number of aromatic amines is 1. The van der Waals surface area contributed by atoms with Crippen molar-refractivity contribution < 1.29 is 9.13 Å². The molecule has 0 aliphatic carbocycles. The highest BCUT2D eigenvalue weighted by molar-refractivity contribution is 4.87. The molecule has 0 saturated carbocycles. The number of nitrogens with zero attached hydrogens (tertiary/aromatic N) is 2. The first-order valence-corrected chi connectivity index (χ1v) is 2.40. The number of methoxy groups -OCH3 is 1. The maximum atomic E-state index is 12.1. The van der Waals surface area contributed by atoms with Gasteiger partial charge < -0.3 is 4.74 Å². The molecule has 6 heteroatoms. The van der Waals surface area contributed by atoms with Crippen LogP contribution in [0.1, 0.15) is 0 Å². The zero-order valence-electron chi connectivity index (χ0n) is 5.09. The van der Waals surface area contributed by atoms with Gasteiger partial charge in [0.15, 0.2) is 0 Å². The Bertz CT molecular complexity index is 284. The predicted octanol–water partition coefficient (Wildman–Crippen LogP) is -0.687. The standard InChI is InChI=1S/C4H4FN3O2/c1-10-4-6-3(9)2(5)7-8-4/h1H3,(H,6,8,9). The van der Waals surface area contributed by atoms with Crippen molar-refractivity contribution in [2.75, 3.05) is 7.11 Å². The molecule has 0 aromatic carbocycles. The van der Waals surface area contributed by atoms with Crippen molar-refractivity contribution >= 4 is 0 Å². The van der Waals surface area contributed by atoms with Crippen molar-refractivity contribution in [3.05, 3.63) is 16.3 Å². The van der Waals surface area contributed by atoms with E-state index < -0.39 is 11.5 Å². The van der Waals surface area contributed by atoms with Crippen molar-refractivity contribution in [1.29, 1.82) is 0 Å². The lowest BCUT2D eigenvalue weighted by Gasteiger charge is -1.92. The monoisotopic (exact) mass is 145 g/mol. The van der Waals surface area contributed by atoms with Gasteiger partial charge in [-0.3, -0.25) is 9.78 Å². The summed E-state index contributed by atoms with van der Waals surface area (Å²) in [6.07, 6.45) is 0. The highest BCUT2D eigenvalue weighted by Crippen LogP contribution is 1.90. The van der Waals surface area contributed by atoms with Crippen LogP contribution in [0.5, 0.6) is 6.01 Å². The second kappa shape index (κ2) is 2.42. The normalized spacial score (nSPS) is 9.40. The molecule has 1 rings (SSSR count). The molecule has 0 spiro atoms. The van der Waals surface area contributed by atoms with E-state index in [0.717, 1.165) is 0 Å². The zero-order valence-corrected chi connectivity index (χ0v) is 5.09. The van der Waals surface area contributed by atoms with Gasteiger partial charge in [0.25, 0.3) is 5.95 Å². The summed E-state index contributed by atoms with van der Waals surface area (Å²) in [6, 6.07) is -0.105. The third-order valence-corrected chi connectivity index (χ3v) is 0.830. The van der Waals surface area contributed by atoms with Crippen LogP contribution in [0, 0.1) is 5.95 Å². The fraction of sp³-hybridized carbons (Fsp3) is 0.250. The molecule has 10 heavy (non-hydrogen) atoms. The SMILES string of the molecule is COc1nnc(F)c(=O)[nH]1. The number of hydrogen-bond acceptors (Lipinski definition) is 4. The molecule has 1 aromatic rings. The molecule has 0 aliphatic rings. The number of rotatable bonds is 1. The summed E-state index contributed by atoms with van der Waals surface area (Å²) in [5.41, 5.74) is -0.938. The molecule has 1 heterocycles. The van der Waals surface area contributed by atoms with Crippen LogP contribution in [0.2, 0.25) is 0 Å². The summed E-state index contributed by atoms with van der Waals surface area (Å²) in [6.45, 7) is 0. The zero-order chi connectivity index (χ0) is 7.56. The minimum absolute atomic E-state index is 0.105. The molecule has 1 N–H and O–H groups in total. The Hall–Kier alpha value is -1.46. The predicted molar refractivity (Wildman–Crippen MR) is 29.2 cm³/mol. The fourth-order valence-corrected chi connectivity index (χ4v) is 0.400. The molecule has 0 aliphatic heterocycles. The molecule has 0 saturated heterocycles. The largest absolute Gasteiger partial charge is 0.467 e. The van der Waals surface area contributed by atoms with Gasteiger partial charge in [-0.2, -0.15) is 4.39 Å². The van der Waals surface area contributed by atoms with Gasteiger partial charge in [0.2, 0.25) is 0 Å². The molecule has 0 amide bonds. The van der Waals surface area contributed by atoms with Crippen LogP contribution >= 0.6 is 0 Å². The molecular weight excluding hydrogens is 141 g/mol. The summed E-state index contributed by atoms with van der Waals surface area (Å²) in [5.74, 6) is -1.17. The quantitative estimate of drug-likeness (QED) is 0.568. The maximum Gasteiger partial charge on any atom is 0.315 e. The minimum Gasteiger partial charge on any atom is -0.467 e. The number of nitrogens with one attached hydrogen (secondary N) is 1. The van der Waals surface area contributed by atoms with Crippen LogP contribution in [-0.2, 0) is 0 Å². The fourth-order valence-electron chi connectivity index (χ4n) is 0.400. The van der Waals surface area contributed by atoms with Crippen molar-refractivity contribution in [2.45, 2.75) is 0 Å². The number of ether oxygens (including phenoxy) is 1.